The van der Waals surface area contributed by atoms with E-state index in [1.807, 2.05) is 109 Å². The number of hydrogen-bond donors (Lipinski definition) is 0. The maximum absolute atomic E-state index is 6.73. The molecule has 2 aliphatic rings. The van der Waals surface area contributed by atoms with Gasteiger partial charge in [0, 0.05) is 71.1 Å². The van der Waals surface area contributed by atoms with Crippen molar-refractivity contribution in [3.63, 3.8) is 0 Å². The molecule has 0 unspecified atom stereocenters. The Kier molecular flexibility index (Phi) is 21.0. The first-order valence-corrected chi connectivity index (χ1v) is 48.5. The third kappa shape index (κ3) is 14.6. The van der Waals surface area contributed by atoms with Gasteiger partial charge in [-0.3, -0.25) is 0 Å². The van der Waals surface area contributed by atoms with E-state index in [1.54, 1.807) is 11.3 Å². The molecule has 11 nitrogen and oxygen atoms in total. The van der Waals surface area contributed by atoms with Gasteiger partial charge in [0.25, 0.3) is 0 Å². The maximum atomic E-state index is 6.73. The molecule has 0 spiro atoms. The summed E-state index contributed by atoms with van der Waals surface area (Å²) in [6.07, 6.45) is 0. The van der Waals surface area contributed by atoms with Crippen LogP contribution in [0.1, 0.15) is 44.5 Å². The molecule has 25 aromatic rings. The number of thiophene rings is 1. The van der Waals surface area contributed by atoms with Gasteiger partial charge in [0.1, 0.15) is 16.8 Å². The minimum Gasteiger partial charge on any atom is -0.452 e. The molecule has 142 heavy (non-hydrogen) atoms. The van der Waals surface area contributed by atoms with Crippen LogP contribution in [-0.2, 0) is 10.8 Å². The molecule has 0 radical (unpaired) electrons. The number of nitrogens with zero attached hydrogens (tertiary/aromatic N) is 10. The van der Waals surface area contributed by atoms with Crippen LogP contribution in [0.3, 0.4) is 0 Å². The van der Waals surface area contributed by atoms with Gasteiger partial charge in [-0.15, -0.1) is 11.3 Å². The largest absolute Gasteiger partial charge is 0.452 e. The Hall–Kier alpha value is -18.6. The Balaban J connectivity index is 0.000000146. The lowest BCUT2D eigenvalue weighted by Gasteiger charge is -2.34. The van der Waals surface area contributed by atoms with Crippen molar-refractivity contribution in [3.8, 4) is 169 Å². The highest BCUT2D eigenvalue weighted by Gasteiger charge is 2.49. The lowest BCUT2D eigenvalue weighted by atomic mass is 9.67. The molecule has 0 atom stereocenters. The number of para-hydroxylation sites is 1. The smallest absolute Gasteiger partial charge is 0.180 e. The van der Waals surface area contributed by atoms with Crippen LogP contribution in [0, 0.1) is 0 Å². The zero-order valence-electron chi connectivity index (χ0n) is 76.6. The fraction of sp³-hybridized carbons (Fsp3) is 0.0154. The van der Waals surface area contributed by atoms with Crippen molar-refractivity contribution in [2.45, 2.75) is 10.8 Å². The van der Waals surface area contributed by atoms with Gasteiger partial charge in [-0.05, 0) is 149 Å². The Morgan fingerprint density at radius 2 is 0.479 bits per heavy atom. The lowest BCUT2D eigenvalue weighted by Crippen LogP contribution is -2.28. The number of aromatic nitrogens is 10. The van der Waals surface area contributed by atoms with Crippen molar-refractivity contribution in [1.82, 2.24) is 49.8 Å². The van der Waals surface area contributed by atoms with Crippen LogP contribution in [-0.4, -0.2) is 49.8 Å². The van der Waals surface area contributed by atoms with Crippen LogP contribution >= 0.6 is 11.3 Å². The summed E-state index contributed by atoms with van der Waals surface area (Å²) < 4.78 is 8.91. The third-order valence-electron chi connectivity index (χ3n) is 27.7. The van der Waals surface area contributed by atoms with Crippen molar-refractivity contribution in [1.29, 1.82) is 0 Å². The van der Waals surface area contributed by atoms with Gasteiger partial charge >= 0.3 is 0 Å². The second kappa shape index (κ2) is 35.5. The molecule has 27 rings (SSSR count). The predicted octanol–water partition coefficient (Wildman–Crippen LogP) is 32.0. The average molecular weight is 1830 g/mol. The Morgan fingerprint density at radius 3 is 0.923 bits per heavy atom. The minimum absolute atomic E-state index is 0.512. The van der Waals surface area contributed by atoms with Gasteiger partial charge in [-0.2, -0.15) is 0 Å². The summed E-state index contributed by atoms with van der Waals surface area (Å²) in [5.41, 5.74) is 32.4. The molecular formula is C130H82N10OS. The summed E-state index contributed by atoms with van der Waals surface area (Å²) in [5.74, 6) is 4.44. The average Bonchev–Trinajstić information content (AvgIpc) is 1.53. The molecule has 0 amide bonds. The van der Waals surface area contributed by atoms with Crippen molar-refractivity contribution < 1.29 is 4.42 Å². The summed E-state index contributed by atoms with van der Waals surface area (Å²) in [4.78, 5) is 54.5. The molecule has 0 N–H and O–H groups in total. The molecule has 19 aromatic carbocycles. The van der Waals surface area contributed by atoms with Gasteiger partial charge in [0.15, 0.2) is 52.2 Å². The van der Waals surface area contributed by atoms with Crippen LogP contribution in [0.25, 0.3) is 212 Å². The number of benzene rings is 19. The molecule has 664 valence electrons. The SMILES string of the molecule is c1ccc(-c2ccc(-c3nc(-c4ccccc4)nc(-c4cc5c(cc4-c4nc(-c6ccc(-c7ccccc7)cc6)c6sc7ccccc7c6n4)C(c4ccccc4)(c4ccccc4)c4ccccc4-5)n3)cc2)cc1.c1ccc(-c2cccc(-c3nc(-c4cc5c(cc4-c4nc(-c6ccccc6)nc(-c6ccccc6)n4)-c4ccccc4C5(c4ccccc4)c4ccccc4)nc4c3oc3ccccc34)c2)cc1. The zero-order valence-corrected chi connectivity index (χ0v) is 77.4. The number of fused-ring (bicyclic) bond motifs is 12. The maximum Gasteiger partial charge on any atom is 0.180 e. The molecule has 0 bridgehead atoms. The summed E-state index contributed by atoms with van der Waals surface area (Å²) in [5, 5.41) is 1.99. The highest BCUT2D eigenvalue weighted by Crippen LogP contribution is 2.61. The summed E-state index contributed by atoms with van der Waals surface area (Å²) >= 11 is 1.73. The second-order valence-electron chi connectivity index (χ2n) is 35.8. The number of furan rings is 1. The monoisotopic (exact) mass is 1830 g/mol. The Labute approximate surface area is 824 Å². The molecule has 0 fully saturated rings. The summed E-state index contributed by atoms with van der Waals surface area (Å²) in [6.45, 7) is 0. The van der Waals surface area contributed by atoms with Crippen LogP contribution in [0.2, 0.25) is 0 Å². The van der Waals surface area contributed by atoms with Crippen LogP contribution < -0.4 is 0 Å². The van der Waals surface area contributed by atoms with Crippen LogP contribution in [0.4, 0.5) is 0 Å². The van der Waals surface area contributed by atoms with Crippen molar-refractivity contribution in [2.75, 3.05) is 0 Å². The molecule has 0 saturated heterocycles. The van der Waals surface area contributed by atoms with Gasteiger partial charge in [-0.1, -0.05) is 449 Å². The van der Waals surface area contributed by atoms with Gasteiger partial charge in [0.2, 0.25) is 0 Å². The van der Waals surface area contributed by atoms with Crippen molar-refractivity contribution in [2.24, 2.45) is 0 Å². The van der Waals surface area contributed by atoms with Gasteiger partial charge in [0.05, 0.1) is 26.7 Å². The lowest BCUT2D eigenvalue weighted by molar-refractivity contribution is 0.667. The van der Waals surface area contributed by atoms with Crippen LogP contribution in [0.15, 0.2) is 502 Å². The van der Waals surface area contributed by atoms with E-state index >= 15 is 0 Å². The molecule has 0 aliphatic heterocycles. The first-order valence-electron chi connectivity index (χ1n) is 47.7. The van der Waals surface area contributed by atoms with E-state index in [1.165, 1.54) is 22.3 Å². The normalized spacial score (nSPS) is 12.5. The van der Waals surface area contributed by atoms with Crippen molar-refractivity contribution >= 4 is 53.7 Å². The van der Waals surface area contributed by atoms with Crippen molar-refractivity contribution in [3.05, 3.63) is 542 Å². The number of rotatable bonds is 17. The quantitative estimate of drug-likeness (QED) is 0.0860. The van der Waals surface area contributed by atoms with Crippen LogP contribution in [0.5, 0.6) is 0 Å². The zero-order chi connectivity index (χ0) is 94.0. The highest BCUT2D eigenvalue weighted by atomic mass is 32.1. The van der Waals surface area contributed by atoms with E-state index in [0.717, 1.165) is 176 Å². The molecule has 2 aliphatic carbocycles. The van der Waals surface area contributed by atoms with E-state index in [0.29, 0.717) is 57.9 Å². The van der Waals surface area contributed by atoms with E-state index in [2.05, 4.69) is 388 Å². The second-order valence-corrected chi connectivity index (χ2v) is 36.9. The highest BCUT2D eigenvalue weighted by molar-refractivity contribution is 7.26. The van der Waals surface area contributed by atoms with E-state index in [9.17, 15) is 0 Å². The summed E-state index contributed by atoms with van der Waals surface area (Å²) in [6, 6.07) is 175. The van der Waals surface area contributed by atoms with Gasteiger partial charge in [-0.25, -0.2) is 49.8 Å². The fourth-order valence-electron chi connectivity index (χ4n) is 21.2. The number of hydrogen-bond acceptors (Lipinski definition) is 12. The minimum atomic E-state index is -0.690. The molecule has 6 heterocycles. The summed E-state index contributed by atoms with van der Waals surface area (Å²) in [7, 11) is 0. The standard InChI is InChI=1S/C68H43N5S.C62H39N5O/c1-6-20-44(21-7-1)46-34-38-48(39-35-46)61-63-62(54-31-17-19-33-60(54)74-63)70-66(69-61)57-43-59-55(53-30-16-18-32-58(53)68(59,51-26-12-4-13-27-51)52-28-14-5-15-29-52)42-56(57)67-72-64(49-24-10-3-11-25-49)71-65(73-67)50-40-36-47(37-41-50)45-22-8-2-9-23-45;1-6-21-40(22-7-1)43-27-20-28-44(37-43)55-57-56(48-34-17-19-36-54(48)68-57)64-60(63-55)51-39-53-49(47-33-16-18-35-52(47)62(53,45-29-12-4-13-30-45)46-31-14-5-15-32-46)38-50(51)61-66-58(41-23-8-2-9-24-41)65-59(67-61)42-25-10-3-11-26-42/h1-43H;1-39H. The van der Waals surface area contributed by atoms with Gasteiger partial charge < -0.3 is 4.42 Å². The third-order valence-corrected chi connectivity index (χ3v) is 28.9. The molecule has 6 aromatic heterocycles. The van der Waals surface area contributed by atoms with E-state index < -0.39 is 10.8 Å². The molecular weight excluding hydrogens is 1750 g/mol. The Bertz CT molecular complexity index is 8960. The molecule has 0 saturated carbocycles. The van der Waals surface area contributed by atoms with E-state index in [-0.39, 0.29) is 0 Å². The topological polar surface area (TPSA) is 142 Å². The first-order chi connectivity index (χ1) is 70.4. The Morgan fingerprint density at radius 1 is 0.176 bits per heavy atom. The molecule has 12 heteroatoms. The predicted molar refractivity (Wildman–Crippen MR) is 576 cm³/mol. The fourth-order valence-corrected chi connectivity index (χ4v) is 22.3. The van der Waals surface area contributed by atoms with E-state index in [4.69, 9.17) is 54.3 Å². The first kappa shape index (κ1) is 83.9.